The number of carbonyl (C=O) groups is 2. The molecule has 0 bridgehead atoms. The van der Waals surface area contributed by atoms with Crippen LogP contribution in [0.2, 0.25) is 0 Å². The van der Waals surface area contributed by atoms with Gasteiger partial charge in [-0.2, -0.15) is 0 Å². The fourth-order valence-electron chi connectivity index (χ4n) is 5.16. The molecule has 0 unspecified atom stereocenters. The van der Waals surface area contributed by atoms with E-state index in [4.69, 9.17) is 19.2 Å². The van der Waals surface area contributed by atoms with Crippen LogP contribution in [-0.4, -0.2) is 34.7 Å². The number of ether oxygens (including phenoxy) is 3. The first-order valence-electron chi connectivity index (χ1n) is 13.2. The summed E-state index contributed by atoms with van der Waals surface area (Å²) in [6.07, 6.45) is 3.02. The summed E-state index contributed by atoms with van der Waals surface area (Å²) in [5.74, 6) is 0.0438. The highest BCUT2D eigenvalue weighted by atomic mass is 16.7. The van der Waals surface area contributed by atoms with Crippen molar-refractivity contribution in [3.63, 3.8) is 0 Å². The van der Waals surface area contributed by atoms with Crippen LogP contribution in [0.25, 0.3) is 22.6 Å². The Bertz CT molecular complexity index is 1750. The molecule has 1 aliphatic carbocycles. The lowest BCUT2D eigenvalue weighted by Gasteiger charge is -2.23. The highest BCUT2D eigenvalue weighted by Crippen LogP contribution is 2.38. The zero-order chi connectivity index (χ0) is 28.5. The number of hydrogen-bond donors (Lipinski definition) is 1. The second-order valence-electron chi connectivity index (χ2n) is 9.78. The quantitative estimate of drug-likeness (QED) is 0.177. The molecule has 1 aromatic heterocycles. The molecule has 0 saturated heterocycles. The van der Waals surface area contributed by atoms with Crippen LogP contribution in [-0.2, 0) is 16.0 Å². The van der Waals surface area contributed by atoms with Crippen LogP contribution >= 0.6 is 0 Å². The molecule has 4 aromatic rings. The topological polar surface area (TPSA) is 130 Å². The second kappa shape index (κ2) is 10.7. The molecule has 10 nitrogen and oxygen atoms in total. The molecule has 3 aromatic carbocycles. The van der Waals surface area contributed by atoms with Crippen LogP contribution in [0, 0.1) is 10.1 Å². The van der Waals surface area contributed by atoms with E-state index in [1.54, 1.807) is 6.07 Å². The summed E-state index contributed by atoms with van der Waals surface area (Å²) in [6, 6.07) is 18.8. The lowest BCUT2D eigenvalue weighted by atomic mass is 9.86. The average molecular weight is 552 g/mol. The van der Waals surface area contributed by atoms with Gasteiger partial charge in [0.05, 0.1) is 21.7 Å². The molecule has 1 N–H and O–H groups in total. The molecule has 206 valence electrons. The van der Waals surface area contributed by atoms with E-state index in [1.165, 1.54) is 25.1 Å². The number of amides is 1. The van der Waals surface area contributed by atoms with E-state index in [1.807, 2.05) is 48.5 Å². The number of hydrogen-bond acceptors (Lipinski definition) is 8. The number of nitrogens with zero attached hydrogens (tertiary/aromatic N) is 2. The first kappa shape index (κ1) is 26.0. The molecule has 2 aliphatic rings. The third kappa shape index (κ3) is 5.07. The number of nitro groups is 1. The van der Waals surface area contributed by atoms with E-state index < -0.39 is 22.9 Å². The van der Waals surface area contributed by atoms with Gasteiger partial charge in [0.15, 0.2) is 17.6 Å². The van der Waals surface area contributed by atoms with E-state index in [2.05, 4.69) is 5.32 Å². The Morgan fingerprint density at radius 3 is 2.68 bits per heavy atom. The van der Waals surface area contributed by atoms with Gasteiger partial charge < -0.3 is 19.5 Å². The van der Waals surface area contributed by atoms with Gasteiger partial charge in [0, 0.05) is 11.5 Å². The molecular formula is C31H25N3O7. The monoisotopic (exact) mass is 551 g/mol. The van der Waals surface area contributed by atoms with Crippen molar-refractivity contribution in [3.05, 3.63) is 99.2 Å². The largest absolute Gasteiger partial charge is 0.454 e. The van der Waals surface area contributed by atoms with E-state index in [-0.39, 0.29) is 18.2 Å². The maximum Gasteiger partial charge on any atom is 0.339 e. The number of rotatable bonds is 6. The highest BCUT2D eigenvalue weighted by Gasteiger charge is 2.29. The summed E-state index contributed by atoms with van der Waals surface area (Å²) >= 11 is 0. The van der Waals surface area contributed by atoms with Crippen LogP contribution in [0.1, 0.15) is 46.9 Å². The lowest BCUT2D eigenvalue weighted by Crippen LogP contribution is -2.31. The number of fused-ring (bicyclic) bond motifs is 3. The van der Waals surface area contributed by atoms with Crippen LogP contribution in [0.3, 0.4) is 0 Å². The Morgan fingerprint density at radius 1 is 1.05 bits per heavy atom. The van der Waals surface area contributed by atoms with E-state index >= 15 is 0 Å². The van der Waals surface area contributed by atoms with Crippen molar-refractivity contribution < 1.29 is 28.7 Å². The maximum atomic E-state index is 13.7. The molecule has 0 radical (unpaired) electrons. The first-order chi connectivity index (χ1) is 19.9. The SMILES string of the molecule is C[C@@H](OC(=O)c1c2c(nc3ccccc13)/C(=C\c1ccc3c(c1)OCO3)CCC2)C(=O)Nc1ccccc1[N+](=O)[O-]. The fourth-order valence-corrected chi connectivity index (χ4v) is 5.16. The van der Waals surface area contributed by atoms with Crippen molar-refractivity contribution in [3.8, 4) is 11.5 Å². The second-order valence-corrected chi connectivity index (χ2v) is 9.78. The number of benzene rings is 3. The Balaban J connectivity index is 1.33. The number of pyridine rings is 1. The predicted molar refractivity (Wildman–Crippen MR) is 152 cm³/mol. The average Bonchev–Trinajstić information content (AvgIpc) is 3.44. The molecular weight excluding hydrogens is 526 g/mol. The number of anilines is 1. The van der Waals surface area contributed by atoms with Gasteiger partial charge in [-0.25, -0.2) is 9.78 Å². The lowest BCUT2D eigenvalue weighted by molar-refractivity contribution is -0.383. The Hall–Kier alpha value is -5.25. The van der Waals surface area contributed by atoms with E-state index in [9.17, 15) is 19.7 Å². The number of nitro benzene ring substituents is 1. The molecule has 10 heteroatoms. The minimum absolute atomic E-state index is 0.0236. The van der Waals surface area contributed by atoms with Crippen LogP contribution in [0.15, 0.2) is 66.7 Å². The smallest absolute Gasteiger partial charge is 0.339 e. The zero-order valence-electron chi connectivity index (χ0n) is 22.1. The van der Waals surface area contributed by atoms with Gasteiger partial charge >= 0.3 is 5.97 Å². The van der Waals surface area contributed by atoms with Gasteiger partial charge in [-0.1, -0.05) is 36.4 Å². The molecule has 41 heavy (non-hydrogen) atoms. The van der Waals surface area contributed by atoms with Crippen molar-refractivity contribution in [2.24, 2.45) is 0 Å². The van der Waals surface area contributed by atoms with Gasteiger partial charge in [0.25, 0.3) is 11.6 Å². The van der Waals surface area contributed by atoms with Crippen molar-refractivity contribution in [1.29, 1.82) is 0 Å². The first-order valence-corrected chi connectivity index (χ1v) is 13.2. The third-order valence-corrected chi connectivity index (χ3v) is 7.12. The number of carbonyl (C=O) groups excluding carboxylic acids is 2. The van der Waals surface area contributed by atoms with Crippen molar-refractivity contribution >= 4 is 45.8 Å². The summed E-state index contributed by atoms with van der Waals surface area (Å²) < 4.78 is 16.6. The third-order valence-electron chi connectivity index (χ3n) is 7.12. The normalized spacial score (nSPS) is 15.3. The summed E-state index contributed by atoms with van der Waals surface area (Å²) in [5.41, 5.74) is 4.16. The summed E-state index contributed by atoms with van der Waals surface area (Å²) in [7, 11) is 0. The Kier molecular flexibility index (Phi) is 6.80. The van der Waals surface area contributed by atoms with Gasteiger partial charge in [-0.3, -0.25) is 14.9 Å². The number of nitrogens with one attached hydrogen (secondary N) is 1. The fraction of sp³-hybridized carbons (Fsp3) is 0.194. The summed E-state index contributed by atoms with van der Waals surface area (Å²) in [6.45, 7) is 1.62. The maximum absolute atomic E-state index is 13.7. The van der Waals surface area contributed by atoms with Gasteiger partial charge in [0.2, 0.25) is 6.79 Å². The molecule has 0 spiro atoms. The highest BCUT2D eigenvalue weighted by molar-refractivity contribution is 6.08. The predicted octanol–water partition coefficient (Wildman–Crippen LogP) is 5.93. The molecule has 1 atom stereocenters. The Labute approximate surface area is 234 Å². The van der Waals surface area contributed by atoms with Crippen molar-refractivity contribution in [2.45, 2.75) is 32.3 Å². The summed E-state index contributed by atoms with van der Waals surface area (Å²) in [4.78, 5) is 42.2. The standard InChI is InChI=1S/C31H25N3O7/c1-18(30(35)33-24-11-4-5-12-25(24)34(37)38)41-31(36)28-21-8-2-3-10-23(21)32-29-20(7-6-9-22(28)29)15-19-13-14-26-27(16-19)40-17-39-26/h2-5,8,10-16,18H,6-7,9,17H2,1H3,(H,33,35)/b20-15-/t18-/m1/s1. The number of aromatic nitrogens is 1. The zero-order valence-corrected chi connectivity index (χ0v) is 22.1. The molecule has 1 amide bonds. The van der Waals surface area contributed by atoms with Crippen LogP contribution in [0.5, 0.6) is 11.5 Å². The molecule has 1 aliphatic heterocycles. The molecule has 6 rings (SSSR count). The van der Waals surface area contributed by atoms with E-state index in [0.29, 0.717) is 34.4 Å². The number of allylic oxidation sites excluding steroid dienone is 1. The van der Waals surface area contributed by atoms with Crippen LogP contribution < -0.4 is 14.8 Å². The number of para-hydroxylation sites is 3. The van der Waals surface area contributed by atoms with Gasteiger partial charge in [-0.15, -0.1) is 0 Å². The van der Waals surface area contributed by atoms with E-state index in [0.717, 1.165) is 35.2 Å². The van der Waals surface area contributed by atoms with Crippen molar-refractivity contribution in [1.82, 2.24) is 4.98 Å². The molecule has 0 saturated carbocycles. The number of esters is 1. The van der Waals surface area contributed by atoms with Gasteiger partial charge in [0.1, 0.15) is 5.69 Å². The summed E-state index contributed by atoms with van der Waals surface area (Å²) in [5, 5.41) is 14.5. The van der Waals surface area contributed by atoms with Gasteiger partial charge in [-0.05, 0) is 73.2 Å². The molecule has 2 heterocycles. The van der Waals surface area contributed by atoms with Crippen molar-refractivity contribution in [2.75, 3.05) is 12.1 Å². The Morgan fingerprint density at radius 2 is 1.83 bits per heavy atom. The minimum Gasteiger partial charge on any atom is -0.454 e. The van der Waals surface area contributed by atoms with Crippen LogP contribution in [0.4, 0.5) is 11.4 Å². The molecule has 0 fully saturated rings. The minimum atomic E-state index is -1.21.